The summed E-state index contributed by atoms with van der Waals surface area (Å²) in [6, 6.07) is 20.5. The molecule has 1 fully saturated rings. The Morgan fingerprint density at radius 1 is 0.950 bits per heavy atom. The lowest BCUT2D eigenvalue weighted by Crippen LogP contribution is -2.46. The highest BCUT2D eigenvalue weighted by Gasteiger charge is 2.43. The molecule has 0 aromatic heterocycles. The number of nitrogens with one attached hydrogen (secondary N) is 1. The van der Waals surface area contributed by atoms with E-state index in [-0.39, 0.29) is 5.66 Å². The second-order valence-electron chi connectivity index (χ2n) is 5.06. The first-order chi connectivity index (χ1) is 9.63. The molecule has 1 atom stereocenters. The second kappa shape index (κ2) is 4.89. The summed E-state index contributed by atoms with van der Waals surface area (Å²) in [6.07, 6.45) is 0. The number of nitrogens with zero attached hydrogens (tertiary/aromatic N) is 2. The van der Waals surface area contributed by atoms with Gasteiger partial charge in [0.05, 0.1) is 5.69 Å². The van der Waals surface area contributed by atoms with Crippen LogP contribution in [0.2, 0.25) is 0 Å². The third-order valence-corrected chi connectivity index (χ3v) is 4.29. The zero-order valence-corrected chi connectivity index (χ0v) is 12.4. The van der Waals surface area contributed by atoms with Crippen LogP contribution in [0.3, 0.4) is 0 Å². The van der Waals surface area contributed by atoms with Crippen LogP contribution < -0.4 is 10.4 Å². The van der Waals surface area contributed by atoms with Crippen molar-refractivity contribution >= 4 is 23.0 Å². The Bertz CT molecular complexity index is 614. The van der Waals surface area contributed by atoms with Crippen molar-refractivity contribution in [3.05, 3.63) is 66.2 Å². The maximum Gasteiger partial charge on any atom is 0.192 e. The summed E-state index contributed by atoms with van der Waals surface area (Å²) in [5.74, 6) is 0. The number of benzene rings is 2. The number of hydrogen-bond acceptors (Lipinski definition) is 2. The molecule has 2 aromatic rings. The van der Waals surface area contributed by atoms with Gasteiger partial charge < -0.3 is 4.90 Å². The van der Waals surface area contributed by atoms with Crippen LogP contribution >= 0.6 is 12.2 Å². The lowest BCUT2D eigenvalue weighted by Gasteiger charge is -2.31. The first-order valence-electron chi connectivity index (χ1n) is 6.59. The number of hydrazine groups is 1. The van der Waals surface area contributed by atoms with Crippen molar-refractivity contribution < 1.29 is 0 Å². The molecule has 0 spiro atoms. The Morgan fingerprint density at radius 2 is 1.50 bits per heavy atom. The molecule has 0 saturated carbocycles. The van der Waals surface area contributed by atoms with Crippen LogP contribution in [0.15, 0.2) is 60.7 Å². The summed E-state index contributed by atoms with van der Waals surface area (Å²) in [5.41, 5.74) is 5.41. The van der Waals surface area contributed by atoms with Crippen LogP contribution in [0.1, 0.15) is 12.5 Å². The van der Waals surface area contributed by atoms with Gasteiger partial charge in [-0.25, -0.2) is 5.01 Å². The molecular formula is C16H17N3S. The third kappa shape index (κ3) is 1.97. The van der Waals surface area contributed by atoms with E-state index in [2.05, 4.69) is 29.4 Å². The molecule has 20 heavy (non-hydrogen) atoms. The highest BCUT2D eigenvalue weighted by molar-refractivity contribution is 7.80. The van der Waals surface area contributed by atoms with Crippen molar-refractivity contribution in [2.24, 2.45) is 0 Å². The van der Waals surface area contributed by atoms with E-state index < -0.39 is 0 Å². The molecule has 3 nitrogen and oxygen atoms in total. The van der Waals surface area contributed by atoms with E-state index in [1.54, 1.807) is 0 Å². The SMILES string of the molecule is CN1C(=S)N(c2ccccc2)NC1(C)c1ccccc1. The van der Waals surface area contributed by atoms with Crippen molar-refractivity contribution in [1.82, 2.24) is 10.3 Å². The Hall–Kier alpha value is -1.91. The maximum absolute atomic E-state index is 5.58. The predicted molar refractivity (Wildman–Crippen MR) is 86.2 cm³/mol. The zero-order chi connectivity index (χ0) is 14.2. The van der Waals surface area contributed by atoms with E-state index >= 15 is 0 Å². The summed E-state index contributed by atoms with van der Waals surface area (Å²) in [6.45, 7) is 2.14. The molecule has 0 radical (unpaired) electrons. The highest BCUT2D eigenvalue weighted by Crippen LogP contribution is 2.32. The lowest BCUT2D eigenvalue weighted by atomic mass is 10.0. The monoisotopic (exact) mass is 283 g/mol. The Labute approximate surface area is 124 Å². The summed E-state index contributed by atoms with van der Waals surface area (Å²) in [7, 11) is 2.02. The molecule has 4 heteroatoms. The Morgan fingerprint density at radius 3 is 2.10 bits per heavy atom. The van der Waals surface area contributed by atoms with Crippen molar-refractivity contribution in [3.8, 4) is 0 Å². The number of thiocarbonyl (C=S) groups is 1. The van der Waals surface area contributed by atoms with Crippen molar-refractivity contribution in [1.29, 1.82) is 0 Å². The normalized spacial score (nSPS) is 22.4. The van der Waals surface area contributed by atoms with Gasteiger partial charge in [0.1, 0.15) is 5.66 Å². The first-order valence-corrected chi connectivity index (χ1v) is 7.00. The molecule has 1 unspecified atom stereocenters. The molecule has 1 aliphatic rings. The van der Waals surface area contributed by atoms with Gasteiger partial charge in [-0.15, -0.1) is 0 Å². The summed E-state index contributed by atoms with van der Waals surface area (Å²) in [5, 5.41) is 2.73. The molecule has 0 aliphatic carbocycles. The van der Waals surface area contributed by atoms with Gasteiger partial charge in [0, 0.05) is 7.05 Å². The van der Waals surface area contributed by atoms with Gasteiger partial charge in [-0.3, -0.25) is 0 Å². The van der Waals surface area contributed by atoms with E-state index in [9.17, 15) is 0 Å². The minimum atomic E-state index is -0.339. The third-order valence-electron chi connectivity index (χ3n) is 3.83. The van der Waals surface area contributed by atoms with Crippen LogP contribution in [-0.2, 0) is 5.66 Å². The standard InChI is InChI=1S/C16H17N3S/c1-16(13-9-5-3-6-10-13)17-19(15(20)18(16)2)14-11-7-4-8-12-14/h3-12,17H,1-2H3. The highest BCUT2D eigenvalue weighted by atomic mass is 32.1. The van der Waals surface area contributed by atoms with Crippen LogP contribution in [0, 0.1) is 0 Å². The molecule has 1 aliphatic heterocycles. The Balaban J connectivity index is 1.99. The molecule has 1 heterocycles. The summed E-state index contributed by atoms with van der Waals surface area (Å²) < 4.78 is 0. The number of anilines is 1. The molecule has 1 N–H and O–H groups in total. The van der Waals surface area contributed by atoms with Gasteiger partial charge in [-0.1, -0.05) is 48.5 Å². The van der Waals surface area contributed by atoms with Crippen LogP contribution in [-0.4, -0.2) is 17.1 Å². The van der Waals surface area contributed by atoms with Gasteiger partial charge >= 0.3 is 0 Å². The number of rotatable bonds is 2. The average Bonchev–Trinajstić information content (AvgIpc) is 2.75. The minimum absolute atomic E-state index is 0.339. The molecule has 102 valence electrons. The van der Waals surface area contributed by atoms with E-state index in [4.69, 9.17) is 12.2 Å². The van der Waals surface area contributed by atoms with E-state index in [0.29, 0.717) is 0 Å². The molecular weight excluding hydrogens is 266 g/mol. The summed E-state index contributed by atoms with van der Waals surface area (Å²) in [4.78, 5) is 2.09. The molecule has 1 saturated heterocycles. The van der Waals surface area contributed by atoms with E-state index in [1.165, 1.54) is 5.56 Å². The molecule has 3 rings (SSSR count). The van der Waals surface area contributed by atoms with E-state index in [0.717, 1.165) is 10.8 Å². The average molecular weight is 283 g/mol. The lowest BCUT2D eigenvalue weighted by molar-refractivity contribution is 0.223. The van der Waals surface area contributed by atoms with Gasteiger partial charge in [0.2, 0.25) is 0 Å². The fourth-order valence-corrected chi connectivity index (χ4v) is 2.79. The smallest absolute Gasteiger partial charge is 0.192 e. The second-order valence-corrected chi connectivity index (χ2v) is 5.43. The van der Waals surface area contributed by atoms with Gasteiger partial charge in [0.25, 0.3) is 0 Å². The topological polar surface area (TPSA) is 18.5 Å². The quantitative estimate of drug-likeness (QED) is 0.853. The maximum atomic E-state index is 5.58. The molecule has 0 bridgehead atoms. The first kappa shape index (κ1) is 13.1. The fourth-order valence-electron chi connectivity index (χ4n) is 2.45. The van der Waals surface area contributed by atoms with Crippen LogP contribution in [0.5, 0.6) is 0 Å². The molecule has 0 amide bonds. The van der Waals surface area contributed by atoms with Crippen LogP contribution in [0.25, 0.3) is 0 Å². The van der Waals surface area contributed by atoms with Gasteiger partial charge in [0.15, 0.2) is 5.11 Å². The van der Waals surface area contributed by atoms with Crippen LogP contribution in [0.4, 0.5) is 5.69 Å². The molecule has 2 aromatic carbocycles. The largest absolute Gasteiger partial charge is 0.327 e. The number of para-hydroxylation sites is 1. The van der Waals surface area contributed by atoms with Crippen molar-refractivity contribution in [2.75, 3.05) is 12.1 Å². The number of hydrogen-bond donors (Lipinski definition) is 1. The zero-order valence-electron chi connectivity index (χ0n) is 11.6. The fraction of sp³-hybridized carbons (Fsp3) is 0.188. The summed E-state index contributed by atoms with van der Waals surface area (Å²) >= 11 is 5.58. The Kier molecular flexibility index (Phi) is 3.20. The van der Waals surface area contributed by atoms with E-state index in [1.807, 2.05) is 60.6 Å². The van der Waals surface area contributed by atoms with Gasteiger partial charge in [-0.2, -0.15) is 5.43 Å². The van der Waals surface area contributed by atoms with Gasteiger partial charge in [-0.05, 0) is 36.8 Å². The van der Waals surface area contributed by atoms with Crippen molar-refractivity contribution in [3.63, 3.8) is 0 Å². The minimum Gasteiger partial charge on any atom is -0.327 e. The predicted octanol–water partition coefficient (Wildman–Crippen LogP) is 3.10. The van der Waals surface area contributed by atoms with Crippen molar-refractivity contribution in [2.45, 2.75) is 12.6 Å².